The fourth-order valence-corrected chi connectivity index (χ4v) is 5.84. The Balaban J connectivity index is 1.47. The van der Waals surface area contributed by atoms with E-state index in [9.17, 15) is 22.8 Å². The van der Waals surface area contributed by atoms with Crippen LogP contribution in [0.2, 0.25) is 0 Å². The van der Waals surface area contributed by atoms with Crippen LogP contribution in [-0.2, 0) is 14.8 Å². The molecule has 1 aromatic heterocycles. The van der Waals surface area contributed by atoms with Gasteiger partial charge in [0.15, 0.2) is 0 Å². The van der Waals surface area contributed by atoms with E-state index in [-0.39, 0.29) is 27.1 Å². The van der Waals surface area contributed by atoms with E-state index in [1.807, 2.05) is 6.92 Å². The van der Waals surface area contributed by atoms with Crippen LogP contribution in [-0.4, -0.2) is 54.3 Å². The van der Waals surface area contributed by atoms with Gasteiger partial charge >= 0.3 is 0 Å². The van der Waals surface area contributed by atoms with Gasteiger partial charge in [-0.25, -0.2) is 0 Å². The number of anilines is 2. The van der Waals surface area contributed by atoms with Crippen molar-refractivity contribution in [2.45, 2.75) is 18.2 Å². The van der Waals surface area contributed by atoms with Crippen molar-refractivity contribution in [3.05, 3.63) is 65.2 Å². The molecule has 0 saturated carbocycles. The largest absolute Gasteiger partial charge is 0.299 e. The predicted octanol–water partition coefficient (Wildman–Crippen LogP) is 2.30. The van der Waals surface area contributed by atoms with Gasteiger partial charge in [0.05, 0.1) is 16.8 Å². The molecule has 10 nitrogen and oxygen atoms in total. The minimum Gasteiger partial charge on any atom is -0.299 e. The number of nitrogens with zero attached hydrogens (tertiary/aromatic N) is 4. The first kappa shape index (κ1) is 22.6. The Labute approximate surface area is 193 Å². The second-order valence-electron chi connectivity index (χ2n) is 7.17. The third-order valence-electron chi connectivity index (χ3n) is 4.95. The van der Waals surface area contributed by atoms with Gasteiger partial charge in [-0.1, -0.05) is 41.2 Å². The molecule has 0 saturated heterocycles. The Morgan fingerprint density at radius 2 is 1.64 bits per heavy atom. The molecule has 0 radical (unpaired) electrons. The molecule has 3 amide bonds. The molecule has 12 heteroatoms. The third kappa shape index (κ3) is 4.22. The number of aryl methyl sites for hydroxylation is 1. The maximum atomic E-state index is 13.1. The fourth-order valence-electron chi connectivity index (χ4n) is 3.35. The average molecular weight is 486 g/mol. The highest BCUT2D eigenvalue weighted by Crippen LogP contribution is 2.28. The zero-order valence-corrected chi connectivity index (χ0v) is 19.3. The molecule has 0 aliphatic carbocycles. The zero-order valence-electron chi connectivity index (χ0n) is 17.7. The Kier molecular flexibility index (Phi) is 5.95. The van der Waals surface area contributed by atoms with E-state index in [0.29, 0.717) is 17.0 Å². The number of sulfonamides is 1. The van der Waals surface area contributed by atoms with Crippen LogP contribution in [0.25, 0.3) is 0 Å². The summed E-state index contributed by atoms with van der Waals surface area (Å²) in [5.74, 6) is -1.83. The first-order chi connectivity index (χ1) is 15.7. The quantitative estimate of drug-likeness (QED) is 0.401. The monoisotopic (exact) mass is 485 g/mol. The van der Waals surface area contributed by atoms with Crippen LogP contribution in [0.5, 0.6) is 0 Å². The number of aromatic nitrogens is 2. The van der Waals surface area contributed by atoms with Gasteiger partial charge in [0.2, 0.25) is 11.0 Å². The molecule has 0 bridgehead atoms. The summed E-state index contributed by atoms with van der Waals surface area (Å²) in [6.07, 6.45) is 0. The van der Waals surface area contributed by atoms with Gasteiger partial charge in [0.25, 0.3) is 26.2 Å². The molecular formula is C21H19N5O5S2. The summed E-state index contributed by atoms with van der Waals surface area (Å²) in [6, 6.07) is 13.3. The Morgan fingerprint density at radius 3 is 2.21 bits per heavy atom. The van der Waals surface area contributed by atoms with Gasteiger partial charge in [0, 0.05) is 6.54 Å². The summed E-state index contributed by atoms with van der Waals surface area (Å²) in [5.41, 5.74) is 1.94. The summed E-state index contributed by atoms with van der Waals surface area (Å²) in [7, 11) is -4.00. The number of amides is 3. The Hall–Kier alpha value is -3.64. The lowest BCUT2D eigenvalue weighted by Gasteiger charge is -2.21. The van der Waals surface area contributed by atoms with Crippen molar-refractivity contribution in [2.75, 3.05) is 22.7 Å². The normalized spacial score (nSPS) is 13.2. The van der Waals surface area contributed by atoms with Crippen molar-refractivity contribution in [3.63, 3.8) is 0 Å². The lowest BCUT2D eigenvalue weighted by molar-refractivity contribution is -0.116. The Morgan fingerprint density at radius 1 is 1.03 bits per heavy atom. The highest BCUT2D eigenvalue weighted by Gasteiger charge is 2.36. The second kappa shape index (κ2) is 8.71. The molecule has 0 fully saturated rings. The standard InChI is InChI=1S/C21H19N5O5S2/c1-3-26(14-10-8-13(2)9-11-14)33(30,31)21-24-23-20(32-21)22-17(27)12-25-18(28)15-6-4-5-7-16(15)19(25)29/h4-11H,3,12H2,1-2H3,(H,22,23,27). The summed E-state index contributed by atoms with van der Waals surface area (Å²) in [6.45, 7) is 3.24. The second-order valence-corrected chi connectivity index (χ2v) is 10.2. The number of carbonyl (C=O) groups excluding carboxylic acids is 3. The highest BCUT2D eigenvalue weighted by molar-refractivity contribution is 7.94. The van der Waals surface area contributed by atoms with Crippen LogP contribution < -0.4 is 9.62 Å². The molecule has 0 atom stereocenters. The molecule has 2 aromatic carbocycles. The van der Waals surface area contributed by atoms with Crippen molar-refractivity contribution in [1.29, 1.82) is 0 Å². The fraction of sp³-hybridized carbons (Fsp3) is 0.190. The number of hydrogen-bond donors (Lipinski definition) is 1. The summed E-state index contributed by atoms with van der Waals surface area (Å²) in [5, 5.41) is 9.82. The van der Waals surface area contributed by atoms with E-state index < -0.39 is 34.3 Å². The molecule has 3 aromatic rings. The van der Waals surface area contributed by atoms with Crippen molar-refractivity contribution >= 4 is 49.9 Å². The van der Waals surface area contributed by atoms with Crippen LogP contribution in [0.1, 0.15) is 33.2 Å². The lowest BCUT2D eigenvalue weighted by Crippen LogP contribution is -2.37. The van der Waals surface area contributed by atoms with Crippen molar-refractivity contribution in [3.8, 4) is 0 Å². The minimum atomic E-state index is -4.00. The Bertz CT molecular complexity index is 1320. The first-order valence-electron chi connectivity index (χ1n) is 9.90. The van der Waals surface area contributed by atoms with Gasteiger partial charge in [-0.15, -0.1) is 10.2 Å². The van der Waals surface area contributed by atoms with Crippen LogP contribution in [0.4, 0.5) is 10.8 Å². The van der Waals surface area contributed by atoms with Gasteiger partial charge in [-0.2, -0.15) is 8.42 Å². The molecule has 33 heavy (non-hydrogen) atoms. The van der Waals surface area contributed by atoms with Crippen LogP contribution in [0.3, 0.4) is 0 Å². The average Bonchev–Trinajstić information content (AvgIpc) is 3.35. The number of nitrogens with one attached hydrogen (secondary N) is 1. The van der Waals surface area contributed by atoms with Crippen LogP contribution in [0.15, 0.2) is 52.9 Å². The van der Waals surface area contributed by atoms with Crippen LogP contribution >= 0.6 is 11.3 Å². The van der Waals surface area contributed by atoms with Crippen molar-refractivity contribution in [2.24, 2.45) is 0 Å². The number of imide groups is 1. The first-order valence-corrected chi connectivity index (χ1v) is 12.2. The van der Waals surface area contributed by atoms with Crippen LogP contribution in [0, 0.1) is 6.92 Å². The van der Waals surface area contributed by atoms with E-state index in [0.717, 1.165) is 10.5 Å². The highest BCUT2D eigenvalue weighted by atomic mass is 32.2. The molecule has 2 heterocycles. The molecular weight excluding hydrogens is 466 g/mol. The molecule has 1 aliphatic rings. The number of rotatable bonds is 7. The maximum Gasteiger partial charge on any atom is 0.293 e. The van der Waals surface area contributed by atoms with Gasteiger partial charge < -0.3 is 0 Å². The SMILES string of the molecule is CCN(c1ccc(C)cc1)S(=O)(=O)c1nnc(NC(=O)CN2C(=O)c3ccccc3C2=O)s1. The number of hydrogen-bond acceptors (Lipinski definition) is 8. The van der Waals surface area contributed by atoms with Crippen molar-refractivity contribution < 1.29 is 22.8 Å². The van der Waals surface area contributed by atoms with E-state index >= 15 is 0 Å². The molecule has 0 spiro atoms. The summed E-state index contributed by atoms with van der Waals surface area (Å²) in [4.78, 5) is 38.1. The molecule has 1 aliphatic heterocycles. The predicted molar refractivity (Wildman–Crippen MR) is 122 cm³/mol. The maximum absolute atomic E-state index is 13.1. The topological polar surface area (TPSA) is 130 Å². The molecule has 4 rings (SSSR count). The van der Waals surface area contributed by atoms with Gasteiger partial charge in [-0.05, 0) is 38.1 Å². The van der Waals surface area contributed by atoms with E-state index in [1.54, 1.807) is 43.3 Å². The van der Waals surface area contributed by atoms with Gasteiger partial charge in [0.1, 0.15) is 6.54 Å². The summed E-state index contributed by atoms with van der Waals surface area (Å²) >= 11 is 0.684. The van der Waals surface area contributed by atoms with E-state index in [4.69, 9.17) is 0 Å². The van der Waals surface area contributed by atoms with E-state index in [2.05, 4.69) is 15.5 Å². The minimum absolute atomic E-state index is 0.0601. The zero-order chi connectivity index (χ0) is 23.8. The lowest BCUT2D eigenvalue weighted by atomic mass is 10.1. The van der Waals surface area contributed by atoms with Gasteiger partial charge in [-0.3, -0.25) is 28.9 Å². The molecule has 170 valence electrons. The number of carbonyl (C=O) groups is 3. The van der Waals surface area contributed by atoms with E-state index in [1.165, 1.54) is 16.4 Å². The number of benzene rings is 2. The van der Waals surface area contributed by atoms with Crippen molar-refractivity contribution in [1.82, 2.24) is 15.1 Å². The molecule has 1 N–H and O–H groups in total. The number of fused-ring (bicyclic) bond motifs is 1. The third-order valence-corrected chi connectivity index (χ3v) is 8.04. The summed E-state index contributed by atoms with van der Waals surface area (Å²) < 4.78 is 27.0. The molecule has 0 unspecified atom stereocenters. The smallest absolute Gasteiger partial charge is 0.293 e.